The van der Waals surface area contributed by atoms with Gasteiger partial charge in [-0.15, -0.1) is 0 Å². The second-order valence-electron chi connectivity index (χ2n) is 33.3. The molecule has 0 fully saturated rings. The Kier molecular flexibility index (Phi) is 63.9. The maximum absolute atomic E-state index is 7.10. The largest absolute Gasteiger partial charge is 0.490 e. The van der Waals surface area contributed by atoms with Gasteiger partial charge >= 0.3 is 0 Å². The third-order valence-corrected chi connectivity index (χ3v) is 22.5. The van der Waals surface area contributed by atoms with Crippen molar-refractivity contribution >= 4 is 18.2 Å². The molecule has 0 N–H and O–H groups in total. The first-order valence-electron chi connectivity index (χ1n) is 48.3. The van der Waals surface area contributed by atoms with Crippen LogP contribution in [0.2, 0.25) is 0 Å². The van der Waals surface area contributed by atoms with E-state index in [-0.39, 0.29) is 0 Å². The van der Waals surface area contributed by atoms with Gasteiger partial charge in [0.1, 0.15) is 24.7 Å². The third kappa shape index (κ3) is 51.0. The Balaban J connectivity index is 1.70. The van der Waals surface area contributed by atoms with Gasteiger partial charge in [-0.25, -0.2) is 0 Å². The van der Waals surface area contributed by atoms with Gasteiger partial charge < -0.3 is 37.9 Å². The zero-order valence-electron chi connectivity index (χ0n) is 74.4. The fraction of sp³-hybridized carbons (Fsp3) is 0.731. The summed E-state index contributed by atoms with van der Waals surface area (Å²) in [4.78, 5) is 0. The lowest BCUT2D eigenvalue weighted by atomic mass is 10.1. The molecule has 0 spiro atoms. The Hall–Kier alpha value is -5.24. The Morgan fingerprint density at radius 3 is 0.688 bits per heavy atom. The maximum atomic E-state index is 7.10. The van der Waals surface area contributed by atoms with Crippen LogP contribution in [0.1, 0.15) is 467 Å². The Morgan fingerprint density at radius 1 is 0.214 bits per heavy atom. The average molecular weight is 1550 g/mol. The first-order chi connectivity index (χ1) is 55.4. The van der Waals surface area contributed by atoms with E-state index in [9.17, 15) is 0 Å². The van der Waals surface area contributed by atoms with E-state index in [2.05, 4.69) is 140 Å². The molecule has 0 aliphatic heterocycles. The predicted octanol–water partition coefficient (Wildman–Crippen LogP) is 34.2. The van der Waals surface area contributed by atoms with Crippen molar-refractivity contribution in [2.75, 3.05) is 39.6 Å². The topological polar surface area (TPSA) is 73.8 Å². The summed E-state index contributed by atoms with van der Waals surface area (Å²) in [5.74, 6) is 6.12. The van der Waals surface area contributed by atoms with E-state index in [4.69, 9.17) is 37.9 Å². The smallest absolute Gasteiger partial charge is 0.203 e. The average Bonchev–Trinajstić information content (AvgIpc) is 0.823. The summed E-state index contributed by atoms with van der Waals surface area (Å²) in [6, 6.07) is 21.7. The van der Waals surface area contributed by atoms with Crippen LogP contribution in [-0.2, 0) is 13.2 Å². The SMILES string of the molecule is C/C=C/c1ccc(/C=C/c2cc(OCc3cc(OCCCCCCCCCCCC)c(OCCCCCCCCCCCC)c(OCCCCCCCCCCCC)c3)c(C)cc2OCc2cc(OCCCCCCCCCCCC)c(OCCCCCCCCCCCC)c(OCCCCCCCCCCCC)c2)cc1. The first kappa shape index (κ1) is 99.1. The van der Waals surface area contributed by atoms with Gasteiger partial charge in [0.25, 0.3) is 0 Å². The van der Waals surface area contributed by atoms with Gasteiger partial charge in [0.15, 0.2) is 23.0 Å². The molecule has 0 aromatic heterocycles. The number of allylic oxidation sites excluding steroid dienone is 1. The summed E-state index contributed by atoms with van der Waals surface area (Å²) in [6.45, 7) is 22.5. The Morgan fingerprint density at radius 2 is 0.438 bits per heavy atom. The van der Waals surface area contributed by atoms with Gasteiger partial charge in [0.05, 0.1) is 39.6 Å². The summed E-state index contributed by atoms with van der Waals surface area (Å²) in [6.07, 6.45) is 85.4. The van der Waals surface area contributed by atoms with E-state index < -0.39 is 0 Å². The lowest BCUT2D eigenvalue weighted by Gasteiger charge is -2.20. The van der Waals surface area contributed by atoms with Crippen molar-refractivity contribution in [1.82, 2.24) is 0 Å². The molecule has 4 aromatic rings. The standard InChI is InChI=1S/C104H174O8/c1-9-16-22-28-34-40-46-52-58-64-77-105-99-84-94(85-100(106-78-65-59-53-47-41-35-29-23-17-10-2)103(99)109-81-68-62-56-50-44-38-32-26-20-13-5)89-111-97-88-96(76-75-93-73-71-92(70-15-7)72-74-93)98(83-91(97)8)112-90-95-86-101(107-79-66-60-54-48-42-36-30-24-18-11-3)104(110-82-69-63-57-51-45-39-33-27-21-14-6)102(87-95)108-80-67-61-55-49-43-37-31-25-19-12-4/h15,70-76,83-88H,9-14,16-69,77-82,89-90H2,1-8H3/b70-15+,76-75+. The van der Waals surface area contributed by atoms with Crippen molar-refractivity contribution in [1.29, 1.82) is 0 Å². The van der Waals surface area contributed by atoms with E-state index in [0.717, 1.165) is 138 Å². The minimum atomic E-state index is 0.317. The summed E-state index contributed by atoms with van der Waals surface area (Å²) in [7, 11) is 0. The molecule has 8 nitrogen and oxygen atoms in total. The second-order valence-corrected chi connectivity index (χ2v) is 33.3. The van der Waals surface area contributed by atoms with E-state index in [1.54, 1.807) is 0 Å². The van der Waals surface area contributed by atoms with Crippen LogP contribution < -0.4 is 37.9 Å². The number of hydrogen-bond donors (Lipinski definition) is 0. The first-order valence-corrected chi connectivity index (χ1v) is 48.3. The zero-order valence-corrected chi connectivity index (χ0v) is 74.4. The van der Waals surface area contributed by atoms with Gasteiger partial charge in [-0.2, -0.15) is 0 Å². The highest BCUT2D eigenvalue weighted by atomic mass is 16.6. The molecule has 0 aliphatic carbocycles. The summed E-state index contributed by atoms with van der Waals surface area (Å²) < 4.78 is 55.4. The lowest BCUT2D eigenvalue weighted by Crippen LogP contribution is -2.08. The molecule has 0 aliphatic rings. The molecule has 0 radical (unpaired) electrons. The van der Waals surface area contributed by atoms with Crippen molar-refractivity contribution in [3.63, 3.8) is 0 Å². The Labute approximate surface area is 691 Å². The van der Waals surface area contributed by atoms with Crippen molar-refractivity contribution in [3.8, 4) is 46.0 Å². The molecule has 0 saturated carbocycles. The van der Waals surface area contributed by atoms with E-state index >= 15 is 0 Å². The van der Waals surface area contributed by atoms with Gasteiger partial charge in [-0.1, -0.05) is 437 Å². The van der Waals surface area contributed by atoms with Crippen LogP contribution >= 0.6 is 0 Å². The molecule has 4 rings (SSSR count). The van der Waals surface area contributed by atoms with Crippen LogP contribution in [0.3, 0.4) is 0 Å². The van der Waals surface area contributed by atoms with Crippen LogP contribution in [0.15, 0.2) is 66.7 Å². The predicted molar refractivity (Wildman–Crippen MR) is 487 cm³/mol. The second kappa shape index (κ2) is 72.2. The highest BCUT2D eigenvalue weighted by molar-refractivity contribution is 5.74. The molecule has 112 heavy (non-hydrogen) atoms. The molecular weight excluding hydrogens is 1380 g/mol. The Bertz CT molecular complexity index is 2740. The number of rotatable bonds is 81. The van der Waals surface area contributed by atoms with Crippen LogP contribution in [0, 0.1) is 6.92 Å². The van der Waals surface area contributed by atoms with Crippen LogP contribution in [0.5, 0.6) is 46.0 Å². The molecule has 0 unspecified atom stereocenters. The summed E-state index contributed by atoms with van der Waals surface area (Å²) >= 11 is 0. The van der Waals surface area contributed by atoms with Gasteiger partial charge in [-0.3, -0.25) is 0 Å². The number of unbranched alkanes of at least 4 members (excludes halogenated alkanes) is 54. The van der Waals surface area contributed by atoms with Gasteiger partial charge in [0.2, 0.25) is 11.5 Å². The van der Waals surface area contributed by atoms with Crippen molar-refractivity contribution in [2.45, 2.75) is 454 Å². The molecule has 0 amide bonds. The number of benzene rings is 4. The fourth-order valence-electron chi connectivity index (χ4n) is 15.3. The zero-order chi connectivity index (χ0) is 79.7. The highest BCUT2D eigenvalue weighted by Gasteiger charge is 2.21. The fourth-order valence-corrected chi connectivity index (χ4v) is 15.3. The molecule has 0 saturated heterocycles. The number of ether oxygens (including phenoxy) is 8. The number of hydrogen-bond acceptors (Lipinski definition) is 8. The van der Waals surface area contributed by atoms with Crippen LogP contribution in [0.25, 0.3) is 18.2 Å². The van der Waals surface area contributed by atoms with Crippen molar-refractivity contribution in [2.24, 2.45) is 0 Å². The van der Waals surface area contributed by atoms with E-state index in [1.165, 1.54) is 327 Å². The summed E-state index contributed by atoms with van der Waals surface area (Å²) in [5, 5.41) is 0. The summed E-state index contributed by atoms with van der Waals surface area (Å²) in [5.41, 5.74) is 6.19. The van der Waals surface area contributed by atoms with Crippen molar-refractivity contribution in [3.05, 3.63) is 100 Å². The molecular formula is C104H174O8. The highest BCUT2D eigenvalue weighted by Crippen LogP contribution is 2.43. The molecule has 638 valence electrons. The minimum Gasteiger partial charge on any atom is -0.490 e. The molecule has 4 aromatic carbocycles. The van der Waals surface area contributed by atoms with E-state index in [1.807, 2.05) is 0 Å². The normalized spacial score (nSPS) is 11.6. The van der Waals surface area contributed by atoms with Gasteiger partial charge in [-0.05, 0) is 117 Å². The van der Waals surface area contributed by atoms with E-state index in [0.29, 0.717) is 52.9 Å². The van der Waals surface area contributed by atoms with Crippen molar-refractivity contribution < 1.29 is 37.9 Å². The van der Waals surface area contributed by atoms with Gasteiger partial charge in [0, 0.05) is 5.56 Å². The molecule has 0 heterocycles. The quantitative estimate of drug-likeness (QED) is 0.0320. The minimum absolute atomic E-state index is 0.317. The lowest BCUT2D eigenvalue weighted by molar-refractivity contribution is 0.232. The third-order valence-electron chi connectivity index (χ3n) is 22.5. The monoisotopic (exact) mass is 1550 g/mol. The number of aryl methyl sites for hydroxylation is 1. The van der Waals surface area contributed by atoms with Crippen LogP contribution in [-0.4, -0.2) is 39.6 Å². The molecule has 0 bridgehead atoms. The maximum Gasteiger partial charge on any atom is 0.203 e. The molecule has 8 heteroatoms. The van der Waals surface area contributed by atoms with Crippen LogP contribution in [0.4, 0.5) is 0 Å². The molecule has 0 atom stereocenters.